The molecule has 0 saturated carbocycles. The number of aromatic nitrogens is 2. The number of fused-ring (bicyclic) bond motifs is 1. The number of rotatable bonds is 5. The van der Waals surface area contributed by atoms with Gasteiger partial charge in [0.15, 0.2) is 6.61 Å². The molecular weight excluding hydrogens is 400 g/mol. The Labute approximate surface area is 177 Å². The highest BCUT2D eigenvalue weighted by atomic mass is 32.1. The van der Waals surface area contributed by atoms with Crippen molar-refractivity contribution in [3.8, 4) is 17.5 Å². The number of aromatic amines is 1. The monoisotopic (exact) mass is 420 g/mol. The van der Waals surface area contributed by atoms with E-state index >= 15 is 0 Å². The van der Waals surface area contributed by atoms with Crippen LogP contribution in [-0.2, 0) is 22.4 Å². The van der Waals surface area contributed by atoms with Gasteiger partial charge in [0.2, 0.25) is 0 Å². The second kappa shape index (κ2) is 8.51. The summed E-state index contributed by atoms with van der Waals surface area (Å²) in [7, 11) is 0. The summed E-state index contributed by atoms with van der Waals surface area (Å²) in [6.07, 6.45) is 6.20. The molecule has 0 spiro atoms. The van der Waals surface area contributed by atoms with E-state index in [9.17, 15) is 14.9 Å². The van der Waals surface area contributed by atoms with Crippen LogP contribution >= 0.6 is 11.3 Å². The quantitative estimate of drug-likeness (QED) is 0.608. The van der Waals surface area contributed by atoms with Crippen molar-refractivity contribution >= 4 is 28.2 Å². The third kappa shape index (κ3) is 4.11. The van der Waals surface area contributed by atoms with Crippen molar-refractivity contribution in [1.82, 2.24) is 9.97 Å². The maximum Gasteiger partial charge on any atom is 0.338 e. The molecule has 1 aliphatic rings. The highest BCUT2D eigenvalue weighted by Gasteiger charge is 2.24. The maximum absolute atomic E-state index is 12.3. The summed E-state index contributed by atoms with van der Waals surface area (Å²) < 4.78 is 5.13. The largest absolute Gasteiger partial charge is 0.452 e. The average Bonchev–Trinajstić information content (AvgIpc) is 3.39. The summed E-state index contributed by atoms with van der Waals surface area (Å²) in [5.41, 5.74) is 2.77. The lowest BCUT2D eigenvalue weighted by Gasteiger charge is -2.17. The predicted octanol–water partition coefficient (Wildman–Crippen LogP) is 3.93. The molecule has 1 aromatic carbocycles. The number of benzene rings is 1. The van der Waals surface area contributed by atoms with Gasteiger partial charge >= 0.3 is 5.97 Å². The van der Waals surface area contributed by atoms with Crippen molar-refractivity contribution in [1.29, 1.82) is 5.26 Å². The number of anilines is 1. The number of carbonyl (C=O) groups is 2. The van der Waals surface area contributed by atoms with Gasteiger partial charge in [-0.1, -0.05) is 19.1 Å². The Morgan fingerprint density at radius 1 is 1.37 bits per heavy atom. The third-order valence-corrected chi connectivity index (χ3v) is 6.27. The number of nitrogens with zero attached hydrogens (tertiary/aromatic N) is 2. The van der Waals surface area contributed by atoms with Crippen LogP contribution in [0, 0.1) is 17.2 Å². The Hall–Kier alpha value is -3.44. The fourth-order valence-corrected chi connectivity index (χ4v) is 4.90. The van der Waals surface area contributed by atoms with E-state index in [2.05, 4.69) is 28.3 Å². The van der Waals surface area contributed by atoms with Gasteiger partial charge in [-0.2, -0.15) is 5.26 Å². The van der Waals surface area contributed by atoms with Gasteiger partial charge in [0, 0.05) is 22.8 Å². The topological polar surface area (TPSA) is 108 Å². The second-order valence-electron chi connectivity index (χ2n) is 7.31. The number of carbonyl (C=O) groups excluding carboxylic acids is 2. The summed E-state index contributed by atoms with van der Waals surface area (Å²) >= 11 is 1.45. The molecule has 0 aliphatic heterocycles. The van der Waals surface area contributed by atoms with E-state index in [4.69, 9.17) is 4.74 Å². The van der Waals surface area contributed by atoms with E-state index in [0.717, 1.165) is 35.3 Å². The lowest BCUT2D eigenvalue weighted by Crippen LogP contribution is -2.20. The minimum absolute atomic E-state index is 0.344. The van der Waals surface area contributed by atoms with Gasteiger partial charge < -0.3 is 15.0 Å². The molecule has 152 valence electrons. The summed E-state index contributed by atoms with van der Waals surface area (Å²) in [5.74, 6) is 0.233. The van der Waals surface area contributed by atoms with Crippen LogP contribution in [0.5, 0.6) is 0 Å². The van der Waals surface area contributed by atoms with Gasteiger partial charge in [0.05, 0.1) is 11.1 Å². The molecule has 0 fully saturated rings. The van der Waals surface area contributed by atoms with E-state index in [-0.39, 0.29) is 0 Å². The van der Waals surface area contributed by atoms with Crippen molar-refractivity contribution < 1.29 is 14.3 Å². The summed E-state index contributed by atoms with van der Waals surface area (Å²) in [6, 6.07) is 8.97. The van der Waals surface area contributed by atoms with E-state index in [1.165, 1.54) is 11.3 Å². The molecule has 30 heavy (non-hydrogen) atoms. The average molecular weight is 420 g/mol. The minimum Gasteiger partial charge on any atom is -0.452 e. The first-order valence-electron chi connectivity index (χ1n) is 9.66. The summed E-state index contributed by atoms with van der Waals surface area (Å²) in [6.45, 7) is 1.77. The molecular formula is C22H20N4O3S. The highest BCUT2D eigenvalue weighted by molar-refractivity contribution is 7.16. The number of amides is 1. The third-order valence-electron chi connectivity index (χ3n) is 5.10. The first-order valence-corrected chi connectivity index (χ1v) is 10.5. The van der Waals surface area contributed by atoms with Gasteiger partial charge in [-0.05, 0) is 42.9 Å². The molecule has 0 saturated heterocycles. The highest BCUT2D eigenvalue weighted by Crippen LogP contribution is 2.39. The molecule has 1 aliphatic carbocycles. The predicted molar refractivity (Wildman–Crippen MR) is 113 cm³/mol. The molecule has 0 radical (unpaired) electrons. The Morgan fingerprint density at radius 3 is 2.87 bits per heavy atom. The van der Waals surface area contributed by atoms with Crippen LogP contribution in [0.4, 0.5) is 5.00 Å². The standard InChI is InChI=1S/C22H20N4O3S/c1-13-2-7-16-17(11-23)21(30-18(16)10-13)26-19(27)12-29-22(28)15-5-3-14(4-6-15)20-24-8-9-25-20/h3-6,8-9,13H,2,7,10,12H2,1H3,(H,24,25)(H,26,27). The molecule has 1 unspecified atom stereocenters. The molecule has 7 nitrogen and oxygen atoms in total. The molecule has 1 amide bonds. The van der Waals surface area contributed by atoms with Crippen molar-refractivity contribution in [2.24, 2.45) is 5.92 Å². The number of esters is 1. The molecule has 2 N–H and O–H groups in total. The lowest BCUT2D eigenvalue weighted by atomic mass is 9.89. The van der Waals surface area contributed by atoms with Crippen molar-refractivity contribution in [2.75, 3.05) is 11.9 Å². The zero-order chi connectivity index (χ0) is 21.1. The van der Waals surface area contributed by atoms with E-state index in [0.29, 0.717) is 27.9 Å². The molecule has 8 heteroatoms. The number of hydrogen-bond acceptors (Lipinski definition) is 6. The number of hydrogen-bond donors (Lipinski definition) is 2. The Balaban J connectivity index is 1.36. The van der Waals surface area contributed by atoms with Gasteiger partial charge in [0.25, 0.3) is 5.91 Å². The van der Waals surface area contributed by atoms with E-state index in [1.54, 1.807) is 36.7 Å². The van der Waals surface area contributed by atoms with Gasteiger partial charge in [0.1, 0.15) is 16.9 Å². The summed E-state index contributed by atoms with van der Waals surface area (Å²) in [4.78, 5) is 32.9. The molecule has 4 rings (SSSR count). The van der Waals surface area contributed by atoms with Crippen LogP contribution in [-0.4, -0.2) is 28.5 Å². The van der Waals surface area contributed by atoms with Crippen molar-refractivity contribution in [3.63, 3.8) is 0 Å². The number of H-pyrrole nitrogens is 1. The van der Waals surface area contributed by atoms with Crippen LogP contribution in [0.3, 0.4) is 0 Å². The Bertz CT molecular complexity index is 1110. The molecule has 2 heterocycles. The zero-order valence-corrected chi connectivity index (χ0v) is 17.2. The van der Waals surface area contributed by atoms with Crippen LogP contribution in [0.1, 0.15) is 39.7 Å². The number of thiophene rings is 1. The zero-order valence-electron chi connectivity index (χ0n) is 16.4. The smallest absolute Gasteiger partial charge is 0.338 e. The number of imidazole rings is 1. The van der Waals surface area contributed by atoms with Gasteiger partial charge in [-0.15, -0.1) is 11.3 Å². The molecule has 0 bridgehead atoms. The first kappa shape index (κ1) is 19.9. The number of ether oxygens (including phenoxy) is 1. The molecule has 3 aromatic rings. The van der Waals surface area contributed by atoms with Crippen molar-refractivity contribution in [2.45, 2.75) is 26.2 Å². The van der Waals surface area contributed by atoms with Gasteiger partial charge in [-0.3, -0.25) is 4.79 Å². The fraction of sp³-hybridized carbons (Fsp3) is 0.273. The Morgan fingerprint density at radius 2 is 2.17 bits per heavy atom. The van der Waals surface area contributed by atoms with E-state index in [1.807, 2.05) is 0 Å². The Kier molecular flexibility index (Phi) is 5.63. The SMILES string of the molecule is CC1CCc2c(sc(NC(=O)COC(=O)c3ccc(-c4ncc[nH]4)cc3)c2C#N)C1. The number of nitrogens with one attached hydrogen (secondary N) is 2. The molecule has 2 aromatic heterocycles. The summed E-state index contributed by atoms with van der Waals surface area (Å²) in [5, 5.41) is 12.8. The maximum atomic E-state index is 12.3. The fourth-order valence-electron chi connectivity index (χ4n) is 3.52. The lowest BCUT2D eigenvalue weighted by molar-refractivity contribution is -0.119. The van der Waals surface area contributed by atoms with Crippen LogP contribution in [0.15, 0.2) is 36.7 Å². The normalized spacial score (nSPS) is 15.1. The number of nitriles is 1. The van der Waals surface area contributed by atoms with Crippen LogP contribution < -0.4 is 5.32 Å². The molecule has 1 atom stereocenters. The van der Waals surface area contributed by atoms with Crippen molar-refractivity contribution in [3.05, 3.63) is 58.2 Å². The van der Waals surface area contributed by atoms with Crippen LogP contribution in [0.2, 0.25) is 0 Å². The van der Waals surface area contributed by atoms with Gasteiger partial charge in [-0.25, -0.2) is 9.78 Å². The first-order chi connectivity index (χ1) is 14.5. The second-order valence-corrected chi connectivity index (χ2v) is 8.41. The van der Waals surface area contributed by atoms with Crippen LogP contribution in [0.25, 0.3) is 11.4 Å². The minimum atomic E-state index is -0.587. The van der Waals surface area contributed by atoms with E-state index < -0.39 is 18.5 Å².